The van der Waals surface area contributed by atoms with Crippen LogP contribution in [0.3, 0.4) is 0 Å². The number of hydrogen-bond donors (Lipinski definition) is 1. The number of para-hydroxylation sites is 1. The van der Waals surface area contributed by atoms with Gasteiger partial charge in [0.2, 0.25) is 5.78 Å². The van der Waals surface area contributed by atoms with E-state index < -0.39 is 12.1 Å². The quantitative estimate of drug-likeness (QED) is 0.211. The predicted octanol–water partition coefficient (Wildman–Crippen LogP) is 6.53. The molecule has 0 unspecified atom stereocenters. The maximum absolute atomic E-state index is 13.5. The number of aromatic amines is 1. The molecular formula is C30H23NO4. The molecule has 0 aliphatic carbocycles. The summed E-state index contributed by atoms with van der Waals surface area (Å²) in [6, 6.07) is 33.2. The maximum Gasteiger partial charge on any atom is 0.339 e. The number of ketones is 1. The van der Waals surface area contributed by atoms with Crippen LogP contribution in [0.25, 0.3) is 10.9 Å². The fourth-order valence-corrected chi connectivity index (χ4v) is 3.92. The standard InChI is InChI=1S/C30H23NO4/c32-28(26-19-31-27-14-8-7-13-25(26)27)29(22-11-5-2-6-12-22)35-30(33)23-15-17-24(18-16-23)34-20-21-9-3-1-4-10-21/h1-19,29,31H,20H2/t29-/m1/s1. The van der Waals surface area contributed by atoms with Gasteiger partial charge in [-0.2, -0.15) is 0 Å². The molecule has 0 radical (unpaired) electrons. The van der Waals surface area contributed by atoms with Crippen LogP contribution in [-0.4, -0.2) is 16.7 Å². The van der Waals surface area contributed by atoms with Crippen molar-refractivity contribution in [2.45, 2.75) is 12.7 Å². The zero-order valence-corrected chi connectivity index (χ0v) is 18.9. The Labute approximate surface area is 203 Å². The van der Waals surface area contributed by atoms with Crippen molar-refractivity contribution in [2.24, 2.45) is 0 Å². The summed E-state index contributed by atoms with van der Waals surface area (Å²) in [6.45, 7) is 0.430. The van der Waals surface area contributed by atoms with Gasteiger partial charge in [-0.15, -0.1) is 0 Å². The number of esters is 1. The SMILES string of the molecule is O=C(O[C@@H](C(=O)c1c[nH]c2ccccc12)c1ccccc1)c1ccc(OCc2ccccc2)cc1. The van der Waals surface area contributed by atoms with Crippen LogP contribution in [0.5, 0.6) is 5.75 Å². The molecule has 0 aliphatic heterocycles. The van der Waals surface area contributed by atoms with Crippen LogP contribution in [0.15, 0.2) is 115 Å². The summed E-state index contributed by atoms with van der Waals surface area (Å²) in [5.74, 6) is -0.230. The molecule has 0 aliphatic rings. The average molecular weight is 462 g/mol. The maximum atomic E-state index is 13.5. The van der Waals surface area contributed by atoms with Crippen molar-refractivity contribution >= 4 is 22.7 Å². The lowest BCUT2D eigenvalue weighted by Gasteiger charge is -2.17. The molecule has 0 spiro atoms. The summed E-state index contributed by atoms with van der Waals surface area (Å²) >= 11 is 0. The number of Topliss-reactive ketones (excluding diaryl/α,β-unsaturated/α-hetero) is 1. The third kappa shape index (κ3) is 4.99. The summed E-state index contributed by atoms with van der Waals surface area (Å²) < 4.78 is 11.6. The van der Waals surface area contributed by atoms with E-state index in [4.69, 9.17) is 9.47 Å². The number of H-pyrrole nitrogens is 1. The molecule has 5 nitrogen and oxygen atoms in total. The fraction of sp³-hybridized carbons (Fsp3) is 0.0667. The lowest BCUT2D eigenvalue weighted by molar-refractivity contribution is 0.0280. The number of benzene rings is 4. The number of fused-ring (bicyclic) bond motifs is 1. The minimum atomic E-state index is -1.07. The topological polar surface area (TPSA) is 68.4 Å². The Kier molecular flexibility index (Phi) is 6.39. The number of nitrogens with one attached hydrogen (secondary N) is 1. The van der Waals surface area contributed by atoms with Gasteiger partial charge in [0.25, 0.3) is 0 Å². The van der Waals surface area contributed by atoms with Crippen molar-refractivity contribution in [3.05, 3.63) is 138 Å². The van der Waals surface area contributed by atoms with Gasteiger partial charge in [-0.1, -0.05) is 78.9 Å². The minimum Gasteiger partial charge on any atom is -0.489 e. The Hall–Kier alpha value is -4.64. The van der Waals surface area contributed by atoms with Gasteiger partial charge < -0.3 is 14.5 Å². The number of carbonyl (C=O) groups is 2. The average Bonchev–Trinajstić information content (AvgIpc) is 3.36. The van der Waals surface area contributed by atoms with Gasteiger partial charge in [-0.25, -0.2) is 4.79 Å². The Morgan fingerprint density at radius 2 is 1.40 bits per heavy atom. The Morgan fingerprint density at radius 3 is 2.14 bits per heavy atom. The molecule has 4 aromatic carbocycles. The van der Waals surface area contributed by atoms with E-state index in [0.29, 0.717) is 29.0 Å². The first-order chi connectivity index (χ1) is 17.2. The molecule has 0 bridgehead atoms. The number of aromatic nitrogens is 1. The molecule has 0 amide bonds. The van der Waals surface area contributed by atoms with Gasteiger partial charge in [0.15, 0.2) is 6.10 Å². The second-order valence-electron chi connectivity index (χ2n) is 8.11. The summed E-state index contributed by atoms with van der Waals surface area (Å²) in [7, 11) is 0. The van der Waals surface area contributed by atoms with Crippen LogP contribution in [0.1, 0.15) is 37.9 Å². The normalized spacial score (nSPS) is 11.7. The highest BCUT2D eigenvalue weighted by molar-refractivity contribution is 6.11. The number of hydrogen-bond acceptors (Lipinski definition) is 4. The highest BCUT2D eigenvalue weighted by Gasteiger charge is 2.28. The van der Waals surface area contributed by atoms with E-state index in [0.717, 1.165) is 16.5 Å². The molecule has 0 saturated carbocycles. The minimum absolute atomic E-state index is 0.287. The van der Waals surface area contributed by atoms with E-state index in [1.165, 1.54) is 0 Å². The van der Waals surface area contributed by atoms with E-state index in [2.05, 4.69) is 4.98 Å². The molecule has 0 fully saturated rings. The molecule has 5 heteroatoms. The summed E-state index contributed by atoms with van der Waals surface area (Å²) in [4.78, 5) is 29.7. The van der Waals surface area contributed by atoms with Gasteiger partial charge >= 0.3 is 5.97 Å². The Morgan fingerprint density at radius 1 is 0.743 bits per heavy atom. The molecule has 172 valence electrons. The van der Waals surface area contributed by atoms with Gasteiger partial charge in [0, 0.05) is 28.2 Å². The summed E-state index contributed by atoms with van der Waals surface area (Å²) in [5.41, 5.74) is 3.33. The van der Waals surface area contributed by atoms with Crippen LogP contribution >= 0.6 is 0 Å². The van der Waals surface area contributed by atoms with Crippen molar-refractivity contribution in [2.75, 3.05) is 0 Å². The molecule has 5 aromatic rings. The highest BCUT2D eigenvalue weighted by atomic mass is 16.5. The van der Waals surface area contributed by atoms with Gasteiger partial charge in [0.05, 0.1) is 5.56 Å². The van der Waals surface area contributed by atoms with E-state index in [1.807, 2.05) is 72.8 Å². The molecule has 0 saturated heterocycles. The second kappa shape index (κ2) is 10.1. The smallest absolute Gasteiger partial charge is 0.339 e. The van der Waals surface area contributed by atoms with E-state index in [-0.39, 0.29) is 5.78 Å². The zero-order chi connectivity index (χ0) is 24.0. The van der Waals surface area contributed by atoms with Crippen molar-refractivity contribution in [3.8, 4) is 5.75 Å². The molecule has 1 N–H and O–H groups in total. The highest BCUT2D eigenvalue weighted by Crippen LogP contribution is 2.28. The molecule has 1 atom stereocenters. The van der Waals surface area contributed by atoms with Crippen LogP contribution < -0.4 is 4.74 Å². The van der Waals surface area contributed by atoms with E-state index in [1.54, 1.807) is 42.6 Å². The van der Waals surface area contributed by atoms with Crippen molar-refractivity contribution in [1.82, 2.24) is 4.98 Å². The number of rotatable bonds is 8. The lowest BCUT2D eigenvalue weighted by Crippen LogP contribution is -2.20. The number of ether oxygens (including phenoxy) is 2. The molecular weight excluding hydrogens is 438 g/mol. The largest absolute Gasteiger partial charge is 0.489 e. The van der Waals surface area contributed by atoms with Gasteiger partial charge in [0.1, 0.15) is 12.4 Å². The Bertz CT molecular complexity index is 1440. The molecule has 5 rings (SSSR count). The van der Waals surface area contributed by atoms with Gasteiger partial charge in [-0.05, 0) is 35.9 Å². The first-order valence-corrected chi connectivity index (χ1v) is 11.3. The van der Waals surface area contributed by atoms with E-state index in [9.17, 15) is 9.59 Å². The molecule has 35 heavy (non-hydrogen) atoms. The molecule has 1 heterocycles. The first kappa shape index (κ1) is 22.2. The van der Waals surface area contributed by atoms with E-state index >= 15 is 0 Å². The Balaban J connectivity index is 1.35. The summed E-state index contributed by atoms with van der Waals surface area (Å²) in [6.07, 6.45) is 0.590. The van der Waals surface area contributed by atoms with Gasteiger partial charge in [-0.3, -0.25) is 4.79 Å². The first-order valence-electron chi connectivity index (χ1n) is 11.3. The van der Waals surface area contributed by atoms with Crippen molar-refractivity contribution in [1.29, 1.82) is 0 Å². The van der Waals surface area contributed by atoms with Crippen molar-refractivity contribution in [3.63, 3.8) is 0 Å². The zero-order valence-electron chi connectivity index (χ0n) is 18.9. The number of carbonyl (C=O) groups excluding carboxylic acids is 2. The van der Waals surface area contributed by atoms with Crippen LogP contribution in [0.4, 0.5) is 0 Å². The predicted molar refractivity (Wildman–Crippen MR) is 134 cm³/mol. The monoisotopic (exact) mass is 461 g/mol. The van der Waals surface area contributed by atoms with Crippen molar-refractivity contribution < 1.29 is 19.1 Å². The fourth-order valence-electron chi connectivity index (χ4n) is 3.92. The third-order valence-electron chi connectivity index (χ3n) is 5.76. The lowest BCUT2D eigenvalue weighted by atomic mass is 9.99. The van der Waals surface area contributed by atoms with Crippen LogP contribution in [-0.2, 0) is 11.3 Å². The molecule has 1 aromatic heterocycles. The van der Waals surface area contributed by atoms with Crippen LogP contribution in [0, 0.1) is 0 Å². The third-order valence-corrected chi connectivity index (χ3v) is 5.76. The summed E-state index contributed by atoms with van der Waals surface area (Å²) in [5, 5.41) is 0.786. The second-order valence-corrected chi connectivity index (χ2v) is 8.11. The van der Waals surface area contributed by atoms with Crippen LogP contribution in [0.2, 0.25) is 0 Å².